The zero-order chi connectivity index (χ0) is 12.5. The second-order valence-electron chi connectivity index (χ2n) is 4.23. The Morgan fingerprint density at radius 3 is 3.00 bits per heavy atom. The molecule has 2 N–H and O–H groups in total. The molecule has 3 aromatic rings. The SMILES string of the molecule is Cn1nc(CC(N)c2csnn2)c2ccccc21. The number of fused-ring (bicyclic) bond motifs is 1. The highest BCUT2D eigenvalue weighted by Gasteiger charge is 2.15. The molecular formula is C12H13N5S. The average Bonchev–Trinajstić information content (AvgIpc) is 3.00. The maximum absolute atomic E-state index is 6.13. The van der Waals surface area contributed by atoms with Crippen LogP contribution < -0.4 is 5.73 Å². The maximum Gasteiger partial charge on any atom is 0.0926 e. The van der Waals surface area contributed by atoms with Gasteiger partial charge < -0.3 is 5.73 Å². The Balaban J connectivity index is 1.96. The van der Waals surface area contributed by atoms with E-state index in [2.05, 4.69) is 26.8 Å². The Morgan fingerprint density at radius 1 is 1.39 bits per heavy atom. The molecule has 0 amide bonds. The van der Waals surface area contributed by atoms with Crippen molar-refractivity contribution >= 4 is 22.4 Å². The minimum absolute atomic E-state index is 0.151. The number of para-hydroxylation sites is 1. The summed E-state index contributed by atoms with van der Waals surface area (Å²) in [5.74, 6) is 0. The fraction of sp³-hybridized carbons (Fsp3) is 0.250. The third-order valence-corrected chi connectivity index (χ3v) is 3.53. The first-order valence-corrected chi connectivity index (χ1v) is 6.52. The number of aromatic nitrogens is 4. The van der Waals surface area contributed by atoms with Gasteiger partial charge in [0.2, 0.25) is 0 Å². The first-order valence-electron chi connectivity index (χ1n) is 5.69. The molecule has 1 aromatic carbocycles. The Hall–Kier alpha value is -1.79. The molecule has 18 heavy (non-hydrogen) atoms. The summed E-state index contributed by atoms with van der Waals surface area (Å²) in [5.41, 5.74) is 9.08. The summed E-state index contributed by atoms with van der Waals surface area (Å²) in [4.78, 5) is 0. The molecule has 0 bridgehead atoms. The summed E-state index contributed by atoms with van der Waals surface area (Å²) in [6.45, 7) is 0. The molecule has 2 heterocycles. The van der Waals surface area contributed by atoms with Crippen molar-refractivity contribution in [2.24, 2.45) is 12.8 Å². The van der Waals surface area contributed by atoms with Crippen LogP contribution in [-0.4, -0.2) is 19.4 Å². The number of benzene rings is 1. The highest BCUT2D eigenvalue weighted by Crippen LogP contribution is 2.22. The maximum atomic E-state index is 6.13. The van der Waals surface area contributed by atoms with Gasteiger partial charge in [0.1, 0.15) is 0 Å². The van der Waals surface area contributed by atoms with Crippen molar-refractivity contribution in [1.29, 1.82) is 0 Å². The first kappa shape index (κ1) is 11.3. The molecule has 92 valence electrons. The van der Waals surface area contributed by atoms with Crippen molar-refractivity contribution in [3.05, 3.63) is 41.0 Å². The van der Waals surface area contributed by atoms with Crippen molar-refractivity contribution in [2.45, 2.75) is 12.5 Å². The highest BCUT2D eigenvalue weighted by atomic mass is 32.1. The molecule has 0 spiro atoms. The topological polar surface area (TPSA) is 69.6 Å². The summed E-state index contributed by atoms with van der Waals surface area (Å²) in [5, 5.41) is 11.6. The van der Waals surface area contributed by atoms with Gasteiger partial charge >= 0.3 is 0 Å². The van der Waals surface area contributed by atoms with Crippen LogP contribution >= 0.6 is 11.5 Å². The monoisotopic (exact) mass is 259 g/mol. The zero-order valence-corrected chi connectivity index (χ0v) is 10.8. The van der Waals surface area contributed by atoms with Crippen LogP contribution in [0.1, 0.15) is 17.4 Å². The van der Waals surface area contributed by atoms with E-state index in [0.29, 0.717) is 6.42 Å². The van der Waals surface area contributed by atoms with E-state index >= 15 is 0 Å². The van der Waals surface area contributed by atoms with Gasteiger partial charge in [0.25, 0.3) is 0 Å². The van der Waals surface area contributed by atoms with Crippen molar-refractivity contribution in [1.82, 2.24) is 19.4 Å². The van der Waals surface area contributed by atoms with Gasteiger partial charge in [0.05, 0.1) is 22.9 Å². The molecule has 0 saturated carbocycles. The lowest BCUT2D eigenvalue weighted by atomic mass is 10.1. The molecule has 3 rings (SSSR count). The number of rotatable bonds is 3. The molecule has 0 saturated heterocycles. The van der Waals surface area contributed by atoms with Crippen LogP contribution in [0, 0.1) is 0 Å². The van der Waals surface area contributed by atoms with Crippen molar-refractivity contribution < 1.29 is 0 Å². The smallest absolute Gasteiger partial charge is 0.0926 e. The van der Waals surface area contributed by atoms with Crippen molar-refractivity contribution in [3.63, 3.8) is 0 Å². The average molecular weight is 259 g/mol. The van der Waals surface area contributed by atoms with E-state index in [1.54, 1.807) is 0 Å². The van der Waals surface area contributed by atoms with E-state index < -0.39 is 0 Å². The Labute approximate surface area is 108 Å². The van der Waals surface area contributed by atoms with Gasteiger partial charge in [-0.25, -0.2) is 0 Å². The quantitative estimate of drug-likeness (QED) is 0.776. The van der Waals surface area contributed by atoms with Crippen LogP contribution in [0.4, 0.5) is 0 Å². The number of nitrogens with zero attached hydrogens (tertiary/aromatic N) is 4. The van der Waals surface area contributed by atoms with Gasteiger partial charge in [-0.1, -0.05) is 22.7 Å². The molecule has 0 radical (unpaired) electrons. The normalized spacial score (nSPS) is 13.0. The van der Waals surface area contributed by atoms with Crippen LogP contribution in [0.3, 0.4) is 0 Å². The molecule has 0 aliphatic heterocycles. The lowest BCUT2D eigenvalue weighted by Crippen LogP contribution is -2.14. The first-order chi connectivity index (χ1) is 8.75. The Kier molecular flexibility index (Phi) is 2.81. The van der Waals surface area contributed by atoms with Crippen LogP contribution in [0.25, 0.3) is 10.9 Å². The fourth-order valence-corrected chi connectivity index (χ4v) is 2.60. The summed E-state index contributed by atoms with van der Waals surface area (Å²) in [6.07, 6.45) is 0.673. The van der Waals surface area contributed by atoms with E-state index in [1.165, 1.54) is 11.5 Å². The molecule has 6 heteroatoms. The van der Waals surface area contributed by atoms with Gasteiger partial charge in [-0.3, -0.25) is 4.68 Å². The molecule has 0 aliphatic rings. The predicted octanol–water partition coefficient (Wildman–Crippen LogP) is 1.67. The van der Waals surface area contributed by atoms with E-state index in [-0.39, 0.29) is 6.04 Å². The summed E-state index contributed by atoms with van der Waals surface area (Å²) in [6, 6.07) is 8.01. The second-order valence-corrected chi connectivity index (χ2v) is 4.84. The van der Waals surface area contributed by atoms with E-state index in [4.69, 9.17) is 5.73 Å². The Morgan fingerprint density at radius 2 is 2.22 bits per heavy atom. The van der Waals surface area contributed by atoms with Crippen LogP contribution in [0.15, 0.2) is 29.6 Å². The summed E-state index contributed by atoms with van der Waals surface area (Å²) < 4.78 is 5.72. The minimum atomic E-state index is -0.151. The van der Waals surface area contributed by atoms with E-state index in [0.717, 1.165) is 22.3 Å². The van der Waals surface area contributed by atoms with Gasteiger partial charge in [-0.15, -0.1) is 5.10 Å². The Bertz CT molecular complexity index is 658. The van der Waals surface area contributed by atoms with Crippen LogP contribution in [0.2, 0.25) is 0 Å². The number of nitrogens with two attached hydrogens (primary N) is 1. The lowest BCUT2D eigenvalue weighted by Gasteiger charge is -2.05. The van der Waals surface area contributed by atoms with Crippen LogP contribution in [-0.2, 0) is 13.5 Å². The van der Waals surface area contributed by atoms with Crippen molar-refractivity contribution in [3.8, 4) is 0 Å². The molecule has 5 nitrogen and oxygen atoms in total. The second kappa shape index (κ2) is 4.47. The molecule has 1 unspecified atom stereocenters. The fourth-order valence-electron chi connectivity index (χ4n) is 2.09. The largest absolute Gasteiger partial charge is 0.322 e. The number of aryl methyl sites for hydroxylation is 1. The molecule has 1 atom stereocenters. The number of hydrogen-bond acceptors (Lipinski definition) is 5. The standard InChI is InChI=1S/C12H13N5S/c1-17-12-5-3-2-4-8(12)10(15-17)6-9(13)11-7-18-16-14-11/h2-5,7,9H,6,13H2,1H3. The molecule has 0 aliphatic carbocycles. The summed E-state index contributed by atoms with van der Waals surface area (Å²) in [7, 11) is 1.95. The zero-order valence-electron chi connectivity index (χ0n) is 9.95. The third kappa shape index (κ3) is 1.89. The van der Waals surface area contributed by atoms with Gasteiger partial charge in [-0.05, 0) is 17.6 Å². The lowest BCUT2D eigenvalue weighted by molar-refractivity contribution is 0.663. The highest BCUT2D eigenvalue weighted by molar-refractivity contribution is 7.03. The van der Waals surface area contributed by atoms with Gasteiger partial charge in [0.15, 0.2) is 0 Å². The van der Waals surface area contributed by atoms with Gasteiger partial charge in [-0.2, -0.15) is 5.10 Å². The molecule has 0 fully saturated rings. The van der Waals surface area contributed by atoms with E-state index in [1.807, 2.05) is 29.2 Å². The molecule has 2 aromatic heterocycles. The summed E-state index contributed by atoms with van der Waals surface area (Å²) >= 11 is 1.32. The minimum Gasteiger partial charge on any atom is -0.322 e. The predicted molar refractivity (Wildman–Crippen MR) is 71.3 cm³/mol. The third-order valence-electron chi connectivity index (χ3n) is 3.00. The van der Waals surface area contributed by atoms with E-state index in [9.17, 15) is 0 Å². The van der Waals surface area contributed by atoms with Crippen LogP contribution in [0.5, 0.6) is 0 Å². The van der Waals surface area contributed by atoms with Crippen molar-refractivity contribution in [2.75, 3.05) is 0 Å². The molecular weight excluding hydrogens is 246 g/mol. The van der Waals surface area contributed by atoms with Gasteiger partial charge in [0, 0.05) is 24.2 Å². The number of hydrogen-bond donors (Lipinski definition) is 1.